The minimum absolute atomic E-state index is 0.0803. The lowest BCUT2D eigenvalue weighted by Gasteiger charge is -2.32. The molecule has 0 aliphatic carbocycles. The molecule has 40 heavy (non-hydrogen) atoms. The first-order chi connectivity index (χ1) is 19.1. The van der Waals surface area contributed by atoms with Gasteiger partial charge in [0.2, 0.25) is 11.8 Å². The monoisotopic (exact) mass is 572 g/mol. The van der Waals surface area contributed by atoms with Crippen molar-refractivity contribution in [3.05, 3.63) is 66.0 Å². The summed E-state index contributed by atoms with van der Waals surface area (Å²) in [4.78, 5) is 42.9. The molecule has 0 aliphatic heterocycles. The summed E-state index contributed by atoms with van der Waals surface area (Å²) in [5.41, 5.74) is 1.25. The van der Waals surface area contributed by atoms with Crippen molar-refractivity contribution in [2.45, 2.75) is 77.8 Å². The number of carbonyl (C=O) groups excluding carboxylic acids is 3. The largest absolute Gasteiger partial charge is 0.390 e. The van der Waals surface area contributed by atoms with Crippen molar-refractivity contribution in [1.29, 1.82) is 0 Å². The molecule has 2 rings (SSSR count). The van der Waals surface area contributed by atoms with Crippen LogP contribution >= 0.6 is 11.8 Å². The number of aromatic nitrogens is 1. The van der Waals surface area contributed by atoms with Gasteiger partial charge in [-0.1, -0.05) is 64.4 Å². The van der Waals surface area contributed by atoms with Crippen molar-refractivity contribution in [1.82, 2.24) is 20.9 Å². The predicted octanol–water partition coefficient (Wildman–Crippen LogP) is 2.92. The summed E-state index contributed by atoms with van der Waals surface area (Å²) in [6.45, 7) is 7.81. The fourth-order valence-electron chi connectivity index (χ4n) is 4.08. The molecule has 5 atom stereocenters. The Morgan fingerprint density at radius 1 is 0.950 bits per heavy atom. The van der Waals surface area contributed by atoms with Gasteiger partial charge in [0.1, 0.15) is 12.1 Å². The SMILES string of the molecule is CCCCSCC(NC(=O)c1cccnc1)C(=O)N[C@@H](CC(C)C)[C@@H](O)[C@H](O)[C@@H](C)C(=O)NCc1ccccc1. The van der Waals surface area contributed by atoms with Gasteiger partial charge in [0.15, 0.2) is 0 Å². The third-order valence-electron chi connectivity index (χ3n) is 6.52. The molecule has 1 unspecified atom stereocenters. The molecule has 1 aromatic heterocycles. The van der Waals surface area contributed by atoms with Crippen molar-refractivity contribution in [3.8, 4) is 0 Å². The molecule has 3 amide bonds. The van der Waals surface area contributed by atoms with Gasteiger partial charge in [-0.2, -0.15) is 11.8 Å². The summed E-state index contributed by atoms with van der Waals surface area (Å²) >= 11 is 1.56. The van der Waals surface area contributed by atoms with Crippen LogP contribution in [0.25, 0.3) is 0 Å². The van der Waals surface area contributed by atoms with E-state index < -0.39 is 47.9 Å². The highest BCUT2D eigenvalue weighted by molar-refractivity contribution is 7.99. The second kappa shape index (κ2) is 17.7. The van der Waals surface area contributed by atoms with E-state index in [-0.39, 0.29) is 5.92 Å². The lowest BCUT2D eigenvalue weighted by Crippen LogP contribution is -2.57. The summed E-state index contributed by atoms with van der Waals surface area (Å²) in [5.74, 6) is -0.932. The van der Waals surface area contributed by atoms with Crippen molar-refractivity contribution in [2.24, 2.45) is 11.8 Å². The highest BCUT2D eigenvalue weighted by Crippen LogP contribution is 2.18. The van der Waals surface area contributed by atoms with Crippen molar-refractivity contribution in [3.63, 3.8) is 0 Å². The third-order valence-corrected chi connectivity index (χ3v) is 7.67. The molecule has 2 aromatic rings. The molecule has 0 saturated carbocycles. The molecule has 220 valence electrons. The molecular formula is C30H44N4O5S. The molecule has 9 nitrogen and oxygen atoms in total. The van der Waals surface area contributed by atoms with Crippen molar-refractivity contribution >= 4 is 29.5 Å². The van der Waals surface area contributed by atoms with Gasteiger partial charge in [-0.05, 0) is 42.2 Å². The van der Waals surface area contributed by atoms with Gasteiger partial charge in [0.05, 0.1) is 23.6 Å². The Hall–Kier alpha value is -2.95. The molecule has 0 aliphatic rings. The molecule has 0 saturated heterocycles. The number of rotatable bonds is 17. The van der Waals surface area contributed by atoms with E-state index in [1.165, 1.54) is 6.20 Å². The van der Waals surface area contributed by atoms with Crippen molar-refractivity contribution in [2.75, 3.05) is 11.5 Å². The first-order valence-electron chi connectivity index (χ1n) is 13.9. The number of amides is 3. The lowest BCUT2D eigenvalue weighted by atomic mass is 9.89. The van der Waals surface area contributed by atoms with E-state index in [0.29, 0.717) is 24.3 Å². The van der Waals surface area contributed by atoms with Gasteiger partial charge < -0.3 is 26.2 Å². The van der Waals surface area contributed by atoms with E-state index >= 15 is 0 Å². The highest BCUT2D eigenvalue weighted by atomic mass is 32.2. The number of unbranched alkanes of at least 4 members (excludes halogenated alkanes) is 1. The smallest absolute Gasteiger partial charge is 0.253 e. The molecule has 0 fully saturated rings. The van der Waals surface area contributed by atoms with E-state index in [4.69, 9.17) is 0 Å². The van der Waals surface area contributed by atoms with E-state index in [1.807, 2.05) is 44.2 Å². The molecule has 0 spiro atoms. The van der Waals surface area contributed by atoms with Gasteiger partial charge in [0, 0.05) is 24.7 Å². The van der Waals surface area contributed by atoms with E-state index in [1.54, 1.807) is 37.0 Å². The second-order valence-corrected chi connectivity index (χ2v) is 11.6. The van der Waals surface area contributed by atoms with Gasteiger partial charge >= 0.3 is 0 Å². The Morgan fingerprint density at radius 2 is 1.68 bits per heavy atom. The Morgan fingerprint density at radius 3 is 2.30 bits per heavy atom. The number of thioether (sulfide) groups is 1. The average molecular weight is 573 g/mol. The van der Waals surface area contributed by atoms with Crippen LogP contribution in [0, 0.1) is 11.8 Å². The fraction of sp³-hybridized carbons (Fsp3) is 0.533. The van der Waals surface area contributed by atoms with Crippen molar-refractivity contribution < 1.29 is 24.6 Å². The van der Waals surface area contributed by atoms with Gasteiger partial charge in [0.25, 0.3) is 5.91 Å². The van der Waals surface area contributed by atoms with Gasteiger partial charge in [-0.15, -0.1) is 0 Å². The number of benzene rings is 1. The Kier molecular flexibility index (Phi) is 14.7. The molecule has 0 bridgehead atoms. The number of nitrogens with zero attached hydrogens (tertiary/aromatic N) is 1. The van der Waals surface area contributed by atoms with Crippen LogP contribution in [0.1, 0.15) is 62.9 Å². The quantitative estimate of drug-likeness (QED) is 0.184. The summed E-state index contributed by atoms with van der Waals surface area (Å²) in [6.07, 6.45) is 2.56. The fourth-order valence-corrected chi connectivity index (χ4v) is 5.21. The summed E-state index contributed by atoms with van der Waals surface area (Å²) in [7, 11) is 0. The van der Waals surface area contributed by atoms with E-state index in [9.17, 15) is 24.6 Å². The average Bonchev–Trinajstić information content (AvgIpc) is 2.96. The number of hydrogen-bond acceptors (Lipinski definition) is 7. The third kappa shape index (κ3) is 11.3. The maximum Gasteiger partial charge on any atom is 0.253 e. The minimum Gasteiger partial charge on any atom is -0.390 e. The predicted molar refractivity (Wildman–Crippen MR) is 159 cm³/mol. The zero-order valence-electron chi connectivity index (χ0n) is 23.9. The van der Waals surface area contributed by atoms with Crippen LogP contribution in [0.15, 0.2) is 54.9 Å². The summed E-state index contributed by atoms with van der Waals surface area (Å²) in [5, 5.41) is 30.5. The Balaban J connectivity index is 2.10. The first kappa shape index (κ1) is 33.3. The Labute approximate surface area is 241 Å². The second-order valence-electron chi connectivity index (χ2n) is 10.4. The van der Waals surface area contributed by atoms with Crippen LogP contribution in [0.3, 0.4) is 0 Å². The van der Waals surface area contributed by atoms with Gasteiger partial charge in [-0.25, -0.2) is 0 Å². The molecule has 0 radical (unpaired) electrons. The number of carbonyl (C=O) groups is 3. The van der Waals surface area contributed by atoms with Crippen LogP contribution in [0.5, 0.6) is 0 Å². The zero-order valence-corrected chi connectivity index (χ0v) is 24.7. The standard InChI is InChI=1S/C30H44N4O5S/c1-5-6-15-40-19-25(34-29(38)23-13-10-14-31-18-23)30(39)33-24(16-20(2)3)27(36)26(35)21(4)28(37)32-17-22-11-8-7-9-12-22/h7-14,18,20-21,24-27,35-36H,5-6,15-17,19H2,1-4H3,(H,32,37)(H,33,39)(H,34,38)/t21-,24+,25?,26-,27-/m1/s1. The van der Waals surface area contributed by atoms with E-state index in [0.717, 1.165) is 24.2 Å². The maximum atomic E-state index is 13.4. The van der Waals surface area contributed by atoms with Crippen LogP contribution in [-0.2, 0) is 16.1 Å². The van der Waals surface area contributed by atoms with Crippen LogP contribution < -0.4 is 16.0 Å². The number of hydrogen-bond donors (Lipinski definition) is 5. The summed E-state index contributed by atoms with van der Waals surface area (Å²) < 4.78 is 0. The van der Waals surface area contributed by atoms with Crippen LogP contribution in [-0.4, -0.2) is 68.7 Å². The van der Waals surface area contributed by atoms with Gasteiger partial charge in [-0.3, -0.25) is 19.4 Å². The molecular weight excluding hydrogens is 528 g/mol. The number of aliphatic hydroxyl groups excluding tert-OH is 2. The number of aliphatic hydroxyl groups is 2. The number of pyridine rings is 1. The lowest BCUT2D eigenvalue weighted by molar-refractivity contribution is -0.133. The van der Waals surface area contributed by atoms with Crippen LogP contribution in [0.2, 0.25) is 0 Å². The normalized spacial score (nSPS) is 15.0. The van der Waals surface area contributed by atoms with Crippen LogP contribution in [0.4, 0.5) is 0 Å². The number of nitrogens with one attached hydrogen (secondary N) is 3. The molecule has 1 heterocycles. The Bertz CT molecular complexity index is 1040. The molecule has 5 N–H and O–H groups in total. The van der Waals surface area contributed by atoms with E-state index in [2.05, 4.69) is 27.9 Å². The maximum absolute atomic E-state index is 13.4. The molecule has 1 aromatic carbocycles. The topological polar surface area (TPSA) is 141 Å². The summed E-state index contributed by atoms with van der Waals surface area (Å²) in [6, 6.07) is 11.0. The highest BCUT2D eigenvalue weighted by Gasteiger charge is 2.36. The first-order valence-corrected chi connectivity index (χ1v) is 15.1. The zero-order chi connectivity index (χ0) is 29.5. The minimum atomic E-state index is -1.41. The molecule has 10 heteroatoms.